The molecule has 0 spiro atoms. The number of pyridine rings is 2. The van der Waals surface area contributed by atoms with Crippen molar-refractivity contribution in [2.45, 2.75) is 26.8 Å². The van der Waals surface area contributed by atoms with Crippen LogP contribution in [-0.4, -0.2) is 25.0 Å². The van der Waals surface area contributed by atoms with Crippen LogP contribution in [0.3, 0.4) is 0 Å². The van der Waals surface area contributed by atoms with Crippen LogP contribution in [0.5, 0.6) is 0 Å². The molecule has 3 heterocycles. The third-order valence-corrected chi connectivity index (χ3v) is 4.01. The highest BCUT2D eigenvalue weighted by molar-refractivity contribution is 6.03. The Morgan fingerprint density at radius 2 is 2.04 bits per heavy atom. The molecule has 1 N–H and O–H groups in total. The quantitative estimate of drug-likeness (QED) is 0.784. The Morgan fingerprint density at radius 3 is 2.77 bits per heavy atom. The highest BCUT2D eigenvalue weighted by Gasteiger charge is 2.15. The van der Waals surface area contributed by atoms with Crippen molar-refractivity contribution in [1.29, 1.82) is 0 Å². The Hall–Kier alpha value is -3.22. The molecule has 0 aliphatic rings. The Balaban J connectivity index is 1.91. The van der Waals surface area contributed by atoms with Crippen LogP contribution in [0.4, 0.5) is 5.82 Å². The number of hydrogen-bond donors (Lipinski definition) is 1. The maximum atomic E-state index is 12.5. The number of aryl methyl sites for hydroxylation is 2. The van der Waals surface area contributed by atoms with Crippen LogP contribution in [0, 0.1) is 6.92 Å². The van der Waals surface area contributed by atoms with E-state index in [1.807, 2.05) is 23.8 Å². The van der Waals surface area contributed by atoms with E-state index in [-0.39, 0.29) is 17.2 Å². The van der Waals surface area contributed by atoms with E-state index in [9.17, 15) is 9.59 Å². The van der Waals surface area contributed by atoms with E-state index in [1.54, 1.807) is 37.6 Å². The fourth-order valence-electron chi connectivity index (χ4n) is 2.78. The van der Waals surface area contributed by atoms with Crippen molar-refractivity contribution in [3.8, 4) is 11.5 Å². The SMILES string of the molecule is Cc1cc(C(=O)Nc2cccc(-c3nccn3C(C)C)n2)c(=O)n(C)c1. The maximum absolute atomic E-state index is 12.5. The summed E-state index contributed by atoms with van der Waals surface area (Å²) in [4.78, 5) is 33.6. The lowest BCUT2D eigenvalue weighted by Crippen LogP contribution is -2.28. The van der Waals surface area contributed by atoms with E-state index in [4.69, 9.17) is 0 Å². The number of imidazole rings is 1. The molecule has 3 rings (SSSR count). The Morgan fingerprint density at radius 1 is 1.27 bits per heavy atom. The molecular weight excluding hydrogens is 330 g/mol. The summed E-state index contributed by atoms with van der Waals surface area (Å²) in [5.41, 5.74) is 1.22. The molecule has 0 aliphatic carbocycles. The first-order valence-electron chi connectivity index (χ1n) is 8.35. The highest BCUT2D eigenvalue weighted by Crippen LogP contribution is 2.20. The molecule has 0 aromatic carbocycles. The summed E-state index contributed by atoms with van der Waals surface area (Å²) < 4.78 is 3.40. The zero-order valence-corrected chi connectivity index (χ0v) is 15.2. The van der Waals surface area contributed by atoms with Gasteiger partial charge in [0.2, 0.25) is 0 Å². The van der Waals surface area contributed by atoms with Gasteiger partial charge in [-0.2, -0.15) is 0 Å². The number of nitrogens with zero attached hydrogens (tertiary/aromatic N) is 4. The largest absolute Gasteiger partial charge is 0.327 e. The topological polar surface area (TPSA) is 81.8 Å². The van der Waals surface area contributed by atoms with Gasteiger partial charge >= 0.3 is 0 Å². The minimum atomic E-state index is -0.480. The van der Waals surface area contributed by atoms with Gasteiger partial charge in [0.1, 0.15) is 17.1 Å². The van der Waals surface area contributed by atoms with Gasteiger partial charge in [-0.1, -0.05) is 6.07 Å². The average Bonchev–Trinajstić information content (AvgIpc) is 3.08. The zero-order chi connectivity index (χ0) is 18.8. The number of carbonyl (C=O) groups excluding carboxylic acids is 1. The Bertz CT molecular complexity index is 1020. The molecule has 3 aromatic heterocycles. The number of amides is 1. The van der Waals surface area contributed by atoms with Gasteiger partial charge in [-0.05, 0) is 44.5 Å². The summed E-state index contributed by atoms with van der Waals surface area (Å²) >= 11 is 0. The minimum Gasteiger partial charge on any atom is -0.327 e. The predicted molar refractivity (Wildman–Crippen MR) is 100 cm³/mol. The van der Waals surface area contributed by atoms with E-state index in [1.165, 1.54) is 4.57 Å². The Labute approximate surface area is 151 Å². The second kappa shape index (κ2) is 6.95. The molecule has 0 radical (unpaired) electrons. The van der Waals surface area contributed by atoms with Crippen LogP contribution in [0.2, 0.25) is 0 Å². The van der Waals surface area contributed by atoms with Crippen LogP contribution in [0.1, 0.15) is 35.8 Å². The van der Waals surface area contributed by atoms with Crippen molar-refractivity contribution in [2.24, 2.45) is 7.05 Å². The lowest BCUT2D eigenvalue weighted by atomic mass is 10.2. The predicted octanol–water partition coefficient (Wildman–Crippen LogP) is 2.79. The number of rotatable bonds is 4. The van der Waals surface area contributed by atoms with Crippen LogP contribution in [0.15, 0.2) is 47.7 Å². The molecule has 134 valence electrons. The van der Waals surface area contributed by atoms with Crippen molar-refractivity contribution < 1.29 is 4.79 Å². The normalized spacial score (nSPS) is 11.0. The van der Waals surface area contributed by atoms with Crippen molar-refractivity contribution in [3.05, 3.63) is 64.3 Å². The summed E-state index contributed by atoms with van der Waals surface area (Å²) in [6, 6.07) is 7.13. The number of nitrogens with one attached hydrogen (secondary N) is 1. The molecule has 26 heavy (non-hydrogen) atoms. The van der Waals surface area contributed by atoms with Crippen LogP contribution < -0.4 is 10.9 Å². The average molecular weight is 351 g/mol. The first kappa shape index (κ1) is 17.6. The number of hydrogen-bond acceptors (Lipinski definition) is 4. The molecule has 0 fully saturated rings. The van der Waals surface area contributed by atoms with Gasteiger partial charge in [-0.3, -0.25) is 9.59 Å². The van der Waals surface area contributed by atoms with Gasteiger partial charge in [-0.15, -0.1) is 0 Å². The molecule has 0 saturated heterocycles. The molecular formula is C19H21N5O2. The lowest BCUT2D eigenvalue weighted by molar-refractivity contribution is 0.102. The monoisotopic (exact) mass is 351 g/mol. The fraction of sp³-hybridized carbons (Fsp3) is 0.263. The van der Waals surface area contributed by atoms with Crippen molar-refractivity contribution in [3.63, 3.8) is 0 Å². The van der Waals surface area contributed by atoms with Crippen LogP contribution in [-0.2, 0) is 7.05 Å². The van der Waals surface area contributed by atoms with E-state index >= 15 is 0 Å². The zero-order valence-electron chi connectivity index (χ0n) is 15.2. The van der Waals surface area contributed by atoms with E-state index in [0.29, 0.717) is 11.5 Å². The number of carbonyl (C=O) groups is 1. The van der Waals surface area contributed by atoms with Gasteiger partial charge in [0.05, 0.1) is 0 Å². The Kier molecular flexibility index (Phi) is 4.71. The first-order valence-corrected chi connectivity index (χ1v) is 8.35. The summed E-state index contributed by atoms with van der Waals surface area (Å²) in [5.74, 6) is 0.614. The van der Waals surface area contributed by atoms with Crippen LogP contribution >= 0.6 is 0 Å². The summed E-state index contributed by atoms with van der Waals surface area (Å²) in [6.07, 6.45) is 5.30. The van der Waals surface area contributed by atoms with Crippen molar-refractivity contribution in [1.82, 2.24) is 19.1 Å². The first-order chi connectivity index (χ1) is 12.4. The molecule has 0 bridgehead atoms. The van der Waals surface area contributed by atoms with Gasteiger partial charge in [0, 0.05) is 31.7 Å². The number of anilines is 1. The second-order valence-corrected chi connectivity index (χ2v) is 6.46. The lowest BCUT2D eigenvalue weighted by Gasteiger charge is -2.12. The summed E-state index contributed by atoms with van der Waals surface area (Å²) in [5, 5.41) is 2.70. The van der Waals surface area contributed by atoms with Gasteiger partial charge in [0.15, 0.2) is 5.82 Å². The van der Waals surface area contributed by atoms with E-state index in [0.717, 1.165) is 11.4 Å². The molecule has 0 aliphatic heterocycles. The molecule has 3 aromatic rings. The standard InChI is InChI=1S/C19H21N5O2/c1-12(2)24-9-8-20-17(24)15-6-5-7-16(21-15)22-18(25)14-10-13(3)11-23(4)19(14)26/h5-12H,1-4H3,(H,21,22,25). The van der Waals surface area contributed by atoms with Crippen molar-refractivity contribution >= 4 is 11.7 Å². The van der Waals surface area contributed by atoms with Gasteiger partial charge in [0.25, 0.3) is 11.5 Å². The van der Waals surface area contributed by atoms with E-state index < -0.39 is 5.91 Å². The summed E-state index contributed by atoms with van der Waals surface area (Å²) in [6.45, 7) is 5.95. The second-order valence-electron chi connectivity index (χ2n) is 6.46. The smallest absolute Gasteiger partial charge is 0.263 e. The maximum Gasteiger partial charge on any atom is 0.263 e. The van der Waals surface area contributed by atoms with Gasteiger partial charge < -0.3 is 14.5 Å². The summed E-state index contributed by atoms with van der Waals surface area (Å²) in [7, 11) is 1.62. The third kappa shape index (κ3) is 3.42. The van der Waals surface area contributed by atoms with E-state index in [2.05, 4.69) is 29.1 Å². The molecule has 0 atom stereocenters. The number of aromatic nitrogens is 4. The van der Waals surface area contributed by atoms with Gasteiger partial charge in [-0.25, -0.2) is 9.97 Å². The third-order valence-electron chi connectivity index (χ3n) is 4.01. The molecule has 7 heteroatoms. The highest BCUT2D eigenvalue weighted by atomic mass is 16.2. The van der Waals surface area contributed by atoms with Crippen molar-refractivity contribution in [2.75, 3.05) is 5.32 Å². The minimum absolute atomic E-state index is 0.0865. The van der Waals surface area contributed by atoms with Crippen LogP contribution in [0.25, 0.3) is 11.5 Å². The fourth-order valence-corrected chi connectivity index (χ4v) is 2.78. The molecule has 1 amide bonds. The molecule has 7 nitrogen and oxygen atoms in total. The molecule has 0 unspecified atom stereocenters. The molecule has 0 saturated carbocycles.